The molecular formula is C11H18Cl2SiZr. The predicted molar refractivity (Wildman–Crippen MR) is 57.1 cm³/mol. The van der Waals surface area contributed by atoms with Gasteiger partial charge in [-0.15, -0.1) is 0 Å². The number of rotatable bonds is 2. The second-order valence-electron chi connectivity index (χ2n) is 4.52. The van der Waals surface area contributed by atoms with Crippen LogP contribution in [0.4, 0.5) is 0 Å². The van der Waals surface area contributed by atoms with E-state index in [-0.39, 0.29) is 53.1 Å². The van der Waals surface area contributed by atoms with Crippen molar-refractivity contribution in [3.8, 4) is 0 Å². The van der Waals surface area contributed by atoms with Crippen LogP contribution in [0.3, 0.4) is 0 Å². The summed E-state index contributed by atoms with van der Waals surface area (Å²) in [6.45, 7) is 5.11. The predicted octanol–water partition coefficient (Wildman–Crippen LogP) is -3.00. The molecule has 1 saturated carbocycles. The Hall–Kier alpha value is 1.16. The fraction of sp³-hybridized carbons (Fsp3) is 0.636. The van der Waals surface area contributed by atoms with Gasteiger partial charge in [0, 0.05) is 0 Å². The third kappa shape index (κ3) is 4.15. The molecule has 4 heteroatoms. The molecule has 0 bridgehead atoms. The Bertz CT molecular complexity index is 241. The molecule has 3 atom stereocenters. The monoisotopic (exact) mass is 338 g/mol. The maximum Gasteiger partial charge on any atom is -1.00 e. The molecule has 3 unspecified atom stereocenters. The summed E-state index contributed by atoms with van der Waals surface area (Å²) in [6, 6.07) is 0. The molecule has 0 spiro atoms. The van der Waals surface area contributed by atoms with Gasteiger partial charge in [0.05, 0.1) is 0 Å². The van der Waals surface area contributed by atoms with Crippen LogP contribution < -0.4 is 24.8 Å². The fourth-order valence-corrected chi connectivity index (χ4v) is 14.3. The Morgan fingerprint density at radius 3 is 2.40 bits per heavy atom. The molecule has 0 aromatic rings. The fourth-order valence-electron chi connectivity index (χ4n) is 2.58. The van der Waals surface area contributed by atoms with Crippen LogP contribution in [0.5, 0.6) is 0 Å². The van der Waals surface area contributed by atoms with Gasteiger partial charge in [-0.05, 0) is 0 Å². The van der Waals surface area contributed by atoms with E-state index in [1.807, 2.05) is 0 Å². The minimum absolute atomic E-state index is 0. The van der Waals surface area contributed by atoms with Crippen LogP contribution >= 0.6 is 0 Å². The summed E-state index contributed by atoms with van der Waals surface area (Å²) >= 11 is 0.0319. The zero-order chi connectivity index (χ0) is 9.26. The molecule has 0 N–H and O–H groups in total. The van der Waals surface area contributed by atoms with Crippen LogP contribution in [0, 0.1) is 11.8 Å². The van der Waals surface area contributed by atoms with Crippen molar-refractivity contribution < 1.29 is 47.2 Å². The summed E-state index contributed by atoms with van der Waals surface area (Å²) in [4.78, 5) is 0. The topological polar surface area (TPSA) is 0 Å². The molecule has 1 fully saturated rings. The molecule has 0 heterocycles. The average molecular weight is 340 g/mol. The molecule has 2 aliphatic rings. The molecule has 2 rings (SSSR count). The van der Waals surface area contributed by atoms with Crippen LogP contribution in [-0.2, 0) is 22.4 Å². The van der Waals surface area contributed by atoms with E-state index >= 15 is 0 Å². The van der Waals surface area contributed by atoms with Gasteiger partial charge in [0.15, 0.2) is 0 Å². The number of fused-ring (bicyclic) bond motifs is 1. The summed E-state index contributed by atoms with van der Waals surface area (Å²) in [7, 11) is 0. The largest absolute Gasteiger partial charge is 1.00 e. The molecule has 0 radical (unpaired) electrons. The van der Waals surface area contributed by atoms with E-state index in [1.165, 1.54) is 10.0 Å². The second kappa shape index (κ2) is 7.48. The van der Waals surface area contributed by atoms with Crippen molar-refractivity contribution in [3.63, 3.8) is 0 Å². The van der Waals surface area contributed by atoms with E-state index in [0.717, 1.165) is 11.8 Å². The Kier molecular flexibility index (Phi) is 8.06. The maximum absolute atomic E-state index is 2.56. The molecule has 0 saturated heterocycles. The quantitative estimate of drug-likeness (QED) is 0.470. The zero-order valence-electron chi connectivity index (χ0n) is 9.29. The molecule has 0 aromatic carbocycles. The molecule has 2 aliphatic carbocycles. The first-order valence-electron chi connectivity index (χ1n) is 5.38. The van der Waals surface area contributed by atoms with Crippen molar-refractivity contribution in [2.45, 2.75) is 29.6 Å². The maximum atomic E-state index is 2.56. The van der Waals surface area contributed by atoms with Crippen LogP contribution in [-0.4, -0.2) is 5.92 Å². The summed E-state index contributed by atoms with van der Waals surface area (Å²) in [5.74, 6) is 1.73. The first-order chi connectivity index (χ1) is 6.27. The van der Waals surface area contributed by atoms with Gasteiger partial charge in [-0.1, -0.05) is 0 Å². The van der Waals surface area contributed by atoms with Gasteiger partial charge in [-0.2, -0.15) is 0 Å². The minimum atomic E-state index is -0.178. The van der Waals surface area contributed by atoms with E-state index in [4.69, 9.17) is 0 Å². The molecular weight excluding hydrogens is 322 g/mol. The summed E-state index contributed by atoms with van der Waals surface area (Å²) < 4.78 is 1.20. The van der Waals surface area contributed by atoms with Crippen molar-refractivity contribution in [2.75, 3.05) is 0 Å². The van der Waals surface area contributed by atoms with Crippen molar-refractivity contribution >= 4 is 5.92 Å². The zero-order valence-corrected chi connectivity index (χ0v) is 14.4. The molecule has 0 aromatic heterocycles. The Morgan fingerprint density at radius 2 is 1.73 bits per heavy atom. The van der Waals surface area contributed by atoms with Crippen molar-refractivity contribution in [3.05, 3.63) is 24.3 Å². The van der Waals surface area contributed by atoms with Gasteiger partial charge in [-0.25, -0.2) is 0 Å². The first kappa shape index (κ1) is 16.2. The van der Waals surface area contributed by atoms with Gasteiger partial charge in [0.25, 0.3) is 0 Å². The van der Waals surface area contributed by atoms with E-state index < -0.39 is 0 Å². The van der Waals surface area contributed by atoms with E-state index in [2.05, 4.69) is 37.4 Å². The molecule has 15 heavy (non-hydrogen) atoms. The standard InChI is InChI=1S/C9H11.C2H7Si.2ClH.Zr/c1-2-5-9-7-3-6-8(9)4-1;1-3-2;;;/h1-2,4-6,8-9H,3,7H2;3H,1-2H3;2*1H;/q;;;;+2/p-2. The third-order valence-corrected chi connectivity index (χ3v) is 13.9. The van der Waals surface area contributed by atoms with Crippen molar-refractivity contribution in [1.29, 1.82) is 0 Å². The number of halogens is 2. The molecule has 84 valence electrons. The van der Waals surface area contributed by atoms with E-state index in [9.17, 15) is 0 Å². The molecule has 0 aliphatic heterocycles. The third-order valence-electron chi connectivity index (χ3n) is 3.12. The SMILES string of the molecule is C[SiH](C)[Zr+2][CH]1CCC2C=CC=CC21.[Cl-].[Cl-]. The van der Waals surface area contributed by atoms with Crippen molar-refractivity contribution in [1.82, 2.24) is 0 Å². The summed E-state index contributed by atoms with van der Waals surface area (Å²) in [5, 5.41) is 0. The molecule has 0 nitrogen and oxygen atoms in total. The van der Waals surface area contributed by atoms with Gasteiger partial charge in [-0.3, -0.25) is 0 Å². The Labute approximate surface area is 118 Å². The van der Waals surface area contributed by atoms with E-state index in [1.54, 1.807) is 6.42 Å². The number of allylic oxidation sites excluding steroid dienone is 4. The van der Waals surface area contributed by atoms with Gasteiger partial charge < -0.3 is 24.8 Å². The molecule has 0 amide bonds. The van der Waals surface area contributed by atoms with Gasteiger partial charge >= 0.3 is 94.0 Å². The van der Waals surface area contributed by atoms with Crippen LogP contribution in [0.15, 0.2) is 24.3 Å². The number of hydrogen-bond acceptors (Lipinski definition) is 0. The van der Waals surface area contributed by atoms with Crippen LogP contribution in [0.1, 0.15) is 12.8 Å². The van der Waals surface area contributed by atoms with Gasteiger partial charge in [0.2, 0.25) is 0 Å². The van der Waals surface area contributed by atoms with Gasteiger partial charge in [0.1, 0.15) is 0 Å². The Balaban J connectivity index is 0.000000980. The van der Waals surface area contributed by atoms with E-state index in [0.29, 0.717) is 0 Å². The second-order valence-corrected chi connectivity index (χ2v) is 20.0. The Morgan fingerprint density at radius 1 is 1.07 bits per heavy atom. The van der Waals surface area contributed by atoms with Crippen LogP contribution in [0.25, 0.3) is 0 Å². The minimum Gasteiger partial charge on any atom is -1.00 e. The summed E-state index contributed by atoms with van der Waals surface area (Å²) in [6.07, 6.45) is 12.5. The van der Waals surface area contributed by atoms with Crippen LogP contribution in [0.2, 0.25) is 16.7 Å². The normalized spacial score (nSPS) is 31.5. The smallest absolute Gasteiger partial charge is 1.00 e. The van der Waals surface area contributed by atoms with Crippen molar-refractivity contribution in [2.24, 2.45) is 11.8 Å². The first-order valence-corrected chi connectivity index (χ1v) is 13.9. The average Bonchev–Trinajstić information content (AvgIpc) is 2.48. The number of hydrogen-bond donors (Lipinski definition) is 0. The summed E-state index contributed by atoms with van der Waals surface area (Å²) in [5.41, 5.74) is 0.